The Hall–Kier alpha value is -2.10. The predicted molar refractivity (Wildman–Crippen MR) is 70.0 cm³/mol. The second-order valence-electron chi connectivity index (χ2n) is 4.23. The zero-order chi connectivity index (χ0) is 13.9. The Morgan fingerprint density at radius 2 is 1.78 bits per heavy atom. The van der Waals surface area contributed by atoms with Crippen LogP contribution in [0.2, 0.25) is 0 Å². The number of hydrogen-bond acceptors (Lipinski definition) is 2. The van der Waals surface area contributed by atoms with Crippen molar-refractivity contribution in [2.45, 2.75) is 13.8 Å². The maximum atomic E-state index is 12.2. The van der Waals surface area contributed by atoms with Gasteiger partial charge in [-0.25, -0.2) is 4.79 Å². The minimum Gasteiger partial charge on any atom is -0.478 e. The fourth-order valence-electron chi connectivity index (χ4n) is 1.83. The summed E-state index contributed by atoms with van der Waals surface area (Å²) in [7, 11) is 1.62. The molecule has 0 unspecified atom stereocenters. The third-order valence-corrected chi connectivity index (χ3v) is 2.80. The van der Waals surface area contributed by atoms with Gasteiger partial charge in [-0.1, -0.05) is 18.2 Å². The molecule has 0 saturated carbocycles. The lowest BCUT2D eigenvalue weighted by Gasteiger charge is -2.18. The second kappa shape index (κ2) is 5.49. The SMILES string of the molecule is C=CCN(C)C(=O)c1c(C)ccc(C)c1C(=O)O. The monoisotopic (exact) mass is 247 g/mol. The number of aryl methyl sites for hydroxylation is 2. The molecule has 0 aromatic heterocycles. The van der Waals surface area contributed by atoms with E-state index in [2.05, 4.69) is 6.58 Å². The average Bonchev–Trinajstić information content (AvgIpc) is 2.30. The molecule has 0 aliphatic heterocycles. The van der Waals surface area contributed by atoms with Crippen molar-refractivity contribution >= 4 is 11.9 Å². The first kappa shape index (κ1) is 14.0. The number of hydrogen-bond donors (Lipinski definition) is 1. The fraction of sp³-hybridized carbons (Fsp3) is 0.286. The highest BCUT2D eigenvalue weighted by Gasteiger charge is 2.23. The van der Waals surface area contributed by atoms with Crippen molar-refractivity contribution in [3.05, 3.63) is 47.0 Å². The molecular weight excluding hydrogens is 230 g/mol. The van der Waals surface area contributed by atoms with Crippen LogP contribution in [-0.4, -0.2) is 35.5 Å². The summed E-state index contributed by atoms with van der Waals surface area (Å²) >= 11 is 0. The van der Waals surface area contributed by atoms with Crippen LogP contribution in [-0.2, 0) is 0 Å². The van der Waals surface area contributed by atoms with Gasteiger partial charge in [0.05, 0.1) is 11.1 Å². The number of likely N-dealkylation sites (N-methyl/N-ethyl adjacent to an activating group) is 1. The van der Waals surface area contributed by atoms with E-state index in [0.29, 0.717) is 17.7 Å². The number of amides is 1. The number of rotatable bonds is 4. The second-order valence-corrected chi connectivity index (χ2v) is 4.23. The molecule has 0 bridgehead atoms. The average molecular weight is 247 g/mol. The summed E-state index contributed by atoms with van der Waals surface area (Å²) < 4.78 is 0. The number of carbonyl (C=O) groups is 2. The number of carboxylic acid groups (broad SMARTS) is 1. The Labute approximate surface area is 107 Å². The summed E-state index contributed by atoms with van der Waals surface area (Å²) in [6.45, 7) is 7.37. The number of aromatic carboxylic acids is 1. The minimum atomic E-state index is -1.08. The van der Waals surface area contributed by atoms with Gasteiger partial charge in [-0.05, 0) is 25.0 Å². The Bertz CT molecular complexity index is 506. The highest BCUT2D eigenvalue weighted by Crippen LogP contribution is 2.20. The smallest absolute Gasteiger partial charge is 0.336 e. The highest BCUT2D eigenvalue weighted by atomic mass is 16.4. The molecule has 0 heterocycles. The van der Waals surface area contributed by atoms with Crippen LogP contribution in [0.1, 0.15) is 31.8 Å². The van der Waals surface area contributed by atoms with Crippen LogP contribution in [0, 0.1) is 13.8 Å². The van der Waals surface area contributed by atoms with Crippen molar-refractivity contribution in [2.24, 2.45) is 0 Å². The van der Waals surface area contributed by atoms with E-state index in [1.807, 2.05) is 0 Å². The number of carbonyl (C=O) groups excluding carboxylic acids is 1. The maximum Gasteiger partial charge on any atom is 0.336 e. The van der Waals surface area contributed by atoms with E-state index in [1.54, 1.807) is 39.1 Å². The van der Waals surface area contributed by atoms with E-state index in [0.717, 1.165) is 0 Å². The molecule has 1 amide bonds. The quantitative estimate of drug-likeness (QED) is 0.830. The van der Waals surface area contributed by atoms with E-state index < -0.39 is 5.97 Å². The van der Waals surface area contributed by atoms with Crippen molar-refractivity contribution < 1.29 is 14.7 Å². The zero-order valence-corrected chi connectivity index (χ0v) is 10.9. The summed E-state index contributed by atoms with van der Waals surface area (Å²) in [5, 5.41) is 9.24. The van der Waals surface area contributed by atoms with E-state index in [1.165, 1.54) is 4.90 Å². The highest BCUT2D eigenvalue weighted by molar-refractivity contribution is 6.06. The molecule has 4 nitrogen and oxygen atoms in total. The molecule has 96 valence electrons. The summed E-state index contributed by atoms with van der Waals surface area (Å²) in [4.78, 5) is 25.0. The van der Waals surface area contributed by atoms with Gasteiger partial charge in [0.25, 0.3) is 5.91 Å². The van der Waals surface area contributed by atoms with Crippen molar-refractivity contribution in [3.8, 4) is 0 Å². The van der Waals surface area contributed by atoms with Crippen LogP contribution in [0.25, 0.3) is 0 Å². The minimum absolute atomic E-state index is 0.0795. The summed E-state index contributed by atoms with van der Waals surface area (Å²) in [5.41, 5.74) is 1.59. The van der Waals surface area contributed by atoms with Crippen molar-refractivity contribution in [1.29, 1.82) is 0 Å². The molecule has 0 radical (unpaired) electrons. The van der Waals surface area contributed by atoms with Gasteiger partial charge in [0.1, 0.15) is 0 Å². The van der Waals surface area contributed by atoms with Crippen LogP contribution < -0.4 is 0 Å². The van der Waals surface area contributed by atoms with E-state index in [9.17, 15) is 14.7 Å². The largest absolute Gasteiger partial charge is 0.478 e. The van der Waals surface area contributed by atoms with Crippen LogP contribution in [0.3, 0.4) is 0 Å². The third kappa shape index (κ3) is 2.59. The molecule has 1 N–H and O–H groups in total. The molecule has 0 spiro atoms. The van der Waals surface area contributed by atoms with Gasteiger partial charge in [-0.15, -0.1) is 6.58 Å². The molecule has 0 atom stereocenters. The molecule has 1 rings (SSSR count). The molecule has 18 heavy (non-hydrogen) atoms. The molecule has 0 aliphatic rings. The lowest BCUT2D eigenvalue weighted by atomic mass is 9.96. The predicted octanol–water partition coefficient (Wildman–Crippen LogP) is 2.26. The Morgan fingerprint density at radius 1 is 1.28 bits per heavy atom. The molecule has 1 aromatic carbocycles. The van der Waals surface area contributed by atoms with Crippen LogP contribution in [0.4, 0.5) is 0 Å². The summed E-state index contributed by atoms with van der Waals surface area (Å²) in [5.74, 6) is -1.37. The van der Waals surface area contributed by atoms with Gasteiger partial charge in [-0.3, -0.25) is 4.79 Å². The Morgan fingerprint density at radius 3 is 2.22 bits per heavy atom. The summed E-state index contributed by atoms with van der Waals surface area (Å²) in [6, 6.07) is 3.47. The lowest BCUT2D eigenvalue weighted by Crippen LogP contribution is -2.29. The van der Waals surface area contributed by atoms with E-state index in [-0.39, 0.29) is 17.0 Å². The van der Waals surface area contributed by atoms with Gasteiger partial charge in [-0.2, -0.15) is 0 Å². The lowest BCUT2D eigenvalue weighted by molar-refractivity contribution is 0.0682. The molecule has 0 aliphatic carbocycles. The van der Waals surface area contributed by atoms with Crippen molar-refractivity contribution in [1.82, 2.24) is 4.90 Å². The van der Waals surface area contributed by atoms with Crippen molar-refractivity contribution in [2.75, 3.05) is 13.6 Å². The Kier molecular flexibility index (Phi) is 4.26. The normalized spacial score (nSPS) is 9.94. The first-order valence-electron chi connectivity index (χ1n) is 5.60. The first-order chi connectivity index (χ1) is 8.40. The van der Waals surface area contributed by atoms with Gasteiger partial charge < -0.3 is 10.0 Å². The molecule has 0 saturated heterocycles. The summed E-state index contributed by atoms with van der Waals surface area (Å²) in [6.07, 6.45) is 1.60. The van der Waals surface area contributed by atoms with Gasteiger partial charge in [0, 0.05) is 13.6 Å². The van der Waals surface area contributed by atoms with Crippen LogP contribution in [0.5, 0.6) is 0 Å². The maximum absolute atomic E-state index is 12.2. The van der Waals surface area contributed by atoms with E-state index in [4.69, 9.17) is 0 Å². The zero-order valence-electron chi connectivity index (χ0n) is 10.9. The van der Waals surface area contributed by atoms with Crippen molar-refractivity contribution in [3.63, 3.8) is 0 Å². The number of nitrogens with zero attached hydrogens (tertiary/aromatic N) is 1. The molecule has 4 heteroatoms. The van der Waals surface area contributed by atoms with E-state index >= 15 is 0 Å². The molecule has 0 fully saturated rings. The van der Waals surface area contributed by atoms with Crippen LogP contribution >= 0.6 is 0 Å². The first-order valence-corrected chi connectivity index (χ1v) is 5.60. The fourth-order valence-corrected chi connectivity index (χ4v) is 1.83. The van der Waals surface area contributed by atoms with Gasteiger partial charge in [0.15, 0.2) is 0 Å². The topological polar surface area (TPSA) is 57.6 Å². The van der Waals surface area contributed by atoms with Crippen LogP contribution in [0.15, 0.2) is 24.8 Å². The Balaban J connectivity index is 3.38. The number of carboxylic acids is 1. The standard InChI is InChI=1S/C14H17NO3/c1-5-8-15(4)13(16)11-9(2)6-7-10(3)12(11)14(17)18/h5-7H,1,8H2,2-4H3,(H,17,18). The van der Waals surface area contributed by atoms with Gasteiger partial charge >= 0.3 is 5.97 Å². The third-order valence-electron chi connectivity index (χ3n) is 2.80. The molecular formula is C14H17NO3. The van der Waals surface area contributed by atoms with Gasteiger partial charge in [0.2, 0.25) is 0 Å². The number of benzene rings is 1. The molecule has 1 aromatic rings.